The van der Waals surface area contributed by atoms with Gasteiger partial charge in [0.2, 0.25) is 5.91 Å². The summed E-state index contributed by atoms with van der Waals surface area (Å²) in [6, 6.07) is 11.9. The van der Waals surface area contributed by atoms with Crippen molar-refractivity contribution in [2.24, 2.45) is 4.99 Å². The van der Waals surface area contributed by atoms with Crippen LogP contribution in [0.4, 0.5) is 18.9 Å². The van der Waals surface area contributed by atoms with Gasteiger partial charge in [-0.05, 0) is 37.5 Å². The van der Waals surface area contributed by atoms with Gasteiger partial charge in [-0.2, -0.15) is 0 Å². The first-order chi connectivity index (χ1) is 13.9. The fourth-order valence-corrected chi connectivity index (χ4v) is 3.07. The Morgan fingerprint density at radius 1 is 1.03 bits per heavy atom. The summed E-state index contributed by atoms with van der Waals surface area (Å²) in [6.07, 6.45) is 2.14. The van der Waals surface area contributed by atoms with E-state index in [1.807, 2.05) is 25.1 Å². The van der Waals surface area contributed by atoms with Crippen LogP contribution < -0.4 is 16.0 Å². The average Bonchev–Trinajstić information content (AvgIpc) is 3.52. The molecule has 0 unspecified atom stereocenters. The molecule has 0 spiro atoms. The Morgan fingerprint density at radius 3 is 2.41 bits per heavy atom. The van der Waals surface area contributed by atoms with Crippen LogP contribution in [0.2, 0.25) is 0 Å². The van der Waals surface area contributed by atoms with Gasteiger partial charge in [0.05, 0.1) is 5.69 Å². The monoisotopic (exact) mass is 404 g/mol. The molecule has 1 fully saturated rings. The van der Waals surface area contributed by atoms with Crippen LogP contribution >= 0.6 is 0 Å². The highest BCUT2D eigenvalue weighted by Gasteiger charge is 2.44. The maximum Gasteiger partial charge on any atom is 0.246 e. The Morgan fingerprint density at radius 2 is 1.76 bits per heavy atom. The van der Waals surface area contributed by atoms with E-state index >= 15 is 0 Å². The fourth-order valence-electron chi connectivity index (χ4n) is 3.07. The van der Waals surface area contributed by atoms with Gasteiger partial charge >= 0.3 is 0 Å². The molecule has 0 aromatic heterocycles. The first kappa shape index (κ1) is 20.7. The SMILES string of the molecule is CCNC(=NCC(=O)Nc1ccc(F)c(F)c1F)NCC1(c2ccccc2)CC1. The van der Waals surface area contributed by atoms with Crippen LogP contribution in [-0.2, 0) is 10.2 Å². The Bertz CT molecular complexity index is 898. The van der Waals surface area contributed by atoms with Crippen molar-refractivity contribution in [2.45, 2.75) is 25.2 Å². The van der Waals surface area contributed by atoms with Gasteiger partial charge in [0.25, 0.3) is 0 Å². The summed E-state index contributed by atoms with van der Waals surface area (Å²) < 4.78 is 39.9. The maximum atomic E-state index is 13.7. The van der Waals surface area contributed by atoms with Gasteiger partial charge in [-0.3, -0.25) is 4.79 Å². The lowest BCUT2D eigenvalue weighted by Crippen LogP contribution is -2.41. The van der Waals surface area contributed by atoms with E-state index in [0.717, 1.165) is 25.0 Å². The van der Waals surface area contributed by atoms with Crippen molar-refractivity contribution < 1.29 is 18.0 Å². The number of benzene rings is 2. The normalized spacial score (nSPS) is 15.0. The Balaban J connectivity index is 1.59. The number of carbonyl (C=O) groups is 1. The van der Waals surface area contributed by atoms with Crippen molar-refractivity contribution in [3.05, 3.63) is 65.5 Å². The van der Waals surface area contributed by atoms with E-state index in [4.69, 9.17) is 0 Å². The van der Waals surface area contributed by atoms with Crippen molar-refractivity contribution in [1.82, 2.24) is 10.6 Å². The third kappa shape index (κ3) is 5.07. The van der Waals surface area contributed by atoms with Gasteiger partial charge in [-0.1, -0.05) is 30.3 Å². The predicted molar refractivity (Wildman–Crippen MR) is 106 cm³/mol. The third-order valence-electron chi connectivity index (χ3n) is 4.87. The number of guanidine groups is 1. The molecule has 0 saturated heterocycles. The largest absolute Gasteiger partial charge is 0.357 e. The molecule has 2 aromatic rings. The Hall–Kier alpha value is -3.03. The summed E-state index contributed by atoms with van der Waals surface area (Å²) in [5.74, 6) is -4.57. The molecule has 29 heavy (non-hydrogen) atoms. The van der Waals surface area contributed by atoms with Gasteiger partial charge in [0, 0.05) is 18.5 Å². The first-order valence-corrected chi connectivity index (χ1v) is 9.46. The molecule has 1 amide bonds. The number of rotatable bonds is 7. The molecule has 5 nitrogen and oxygen atoms in total. The van der Waals surface area contributed by atoms with Gasteiger partial charge in [0.1, 0.15) is 6.54 Å². The first-order valence-electron chi connectivity index (χ1n) is 9.46. The molecule has 1 aliphatic rings. The standard InChI is InChI=1S/C21H23F3N4O/c1-2-25-20(27-13-21(10-11-21)14-6-4-3-5-7-14)26-12-17(29)28-16-9-8-15(22)18(23)19(16)24/h3-9H,2,10-13H2,1H3,(H,28,29)(H2,25,26,27). The molecule has 1 saturated carbocycles. The molecule has 0 atom stereocenters. The average molecular weight is 404 g/mol. The summed E-state index contributed by atoms with van der Waals surface area (Å²) in [5, 5.41) is 8.50. The van der Waals surface area contributed by atoms with Crippen LogP contribution in [0.3, 0.4) is 0 Å². The van der Waals surface area contributed by atoms with E-state index < -0.39 is 29.0 Å². The summed E-state index contributed by atoms with van der Waals surface area (Å²) >= 11 is 0. The minimum Gasteiger partial charge on any atom is -0.357 e. The number of nitrogens with one attached hydrogen (secondary N) is 3. The number of aliphatic imine (C=N–C) groups is 1. The number of halogens is 3. The summed E-state index contributed by atoms with van der Waals surface area (Å²) in [4.78, 5) is 16.2. The van der Waals surface area contributed by atoms with Crippen molar-refractivity contribution in [3.63, 3.8) is 0 Å². The molecular formula is C21H23F3N4O. The number of hydrogen-bond acceptors (Lipinski definition) is 2. The molecule has 0 radical (unpaired) electrons. The molecule has 0 heterocycles. The van der Waals surface area contributed by atoms with E-state index in [9.17, 15) is 18.0 Å². The van der Waals surface area contributed by atoms with Crippen LogP contribution in [0.25, 0.3) is 0 Å². The maximum absolute atomic E-state index is 13.7. The second kappa shape index (κ2) is 8.98. The minimum atomic E-state index is -1.63. The third-order valence-corrected chi connectivity index (χ3v) is 4.87. The molecule has 1 aliphatic carbocycles. The topological polar surface area (TPSA) is 65.5 Å². The zero-order chi connectivity index (χ0) is 20.9. The molecule has 3 rings (SSSR count). The molecule has 0 bridgehead atoms. The summed E-state index contributed by atoms with van der Waals surface area (Å²) in [6.45, 7) is 2.87. The van der Waals surface area contributed by atoms with E-state index in [-0.39, 0.29) is 12.0 Å². The van der Waals surface area contributed by atoms with Gasteiger partial charge in [-0.15, -0.1) is 0 Å². The zero-order valence-electron chi connectivity index (χ0n) is 16.1. The molecule has 3 N–H and O–H groups in total. The van der Waals surface area contributed by atoms with Gasteiger partial charge < -0.3 is 16.0 Å². The molecule has 8 heteroatoms. The molecular weight excluding hydrogens is 381 g/mol. The lowest BCUT2D eigenvalue weighted by molar-refractivity contribution is -0.114. The quantitative estimate of drug-likeness (QED) is 0.377. The van der Waals surface area contributed by atoms with Crippen LogP contribution in [0, 0.1) is 17.5 Å². The van der Waals surface area contributed by atoms with E-state index in [1.54, 1.807) is 0 Å². The van der Waals surface area contributed by atoms with E-state index in [1.165, 1.54) is 5.56 Å². The highest BCUT2D eigenvalue weighted by Crippen LogP contribution is 2.47. The van der Waals surface area contributed by atoms with Gasteiger partial charge in [-0.25, -0.2) is 18.2 Å². The fraction of sp³-hybridized carbons (Fsp3) is 0.333. The van der Waals surface area contributed by atoms with Crippen LogP contribution in [0.5, 0.6) is 0 Å². The number of amides is 1. The predicted octanol–water partition coefficient (Wildman–Crippen LogP) is 3.33. The highest BCUT2D eigenvalue weighted by atomic mass is 19.2. The van der Waals surface area contributed by atoms with E-state index in [2.05, 4.69) is 33.1 Å². The molecule has 154 valence electrons. The number of hydrogen-bond donors (Lipinski definition) is 3. The summed E-state index contributed by atoms with van der Waals surface area (Å²) in [5.41, 5.74) is 0.895. The Kier molecular flexibility index (Phi) is 6.41. The van der Waals surface area contributed by atoms with Crippen LogP contribution in [-0.4, -0.2) is 31.5 Å². The number of carbonyl (C=O) groups excluding carboxylic acids is 1. The number of nitrogens with zero attached hydrogens (tertiary/aromatic N) is 1. The second-order valence-corrected chi connectivity index (χ2v) is 6.97. The smallest absolute Gasteiger partial charge is 0.246 e. The van der Waals surface area contributed by atoms with Crippen molar-refractivity contribution >= 4 is 17.6 Å². The second-order valence-electron chi connectivity index (χ2n) is 6.97. The van der Waals surface area contributed by atoms with Crippen molar-refractivity contribution in [2.75, 3.05) is 25.0 Å². The Labute approximate surface area is 167 Å². The highest BCUT2D eigenvalue weighted by molar-refractivity contribution is 5.94. The minimum absolute atomic E-state index is 0.0640. The lowest BCUT2D eigenvalue weighted by Gasteiger charge is -2.19. The van der Waals surface area contributed by atoms with Crippen molar-refractivity contribution in [1.29, 1.82) is 0 Å². The molecule has 0 aliphatic heterocycles. The van der Waals surface area contributed by atoms with Crippen LogP contribution in [0.1, 0.15) is 25.3 Å². The summed E-state index contributed by atoms with van der Waals surface area (Å²) in [7, 11) is 0. The number of anilines is 1. The zero-order valence-corrected chi connectivity index (χ0v) is 16.1. The van der Waals surface area contributed by atoms with E-state index in [0.29, 0.717) is 19.0 Å². The van der Waals surface area contributed by atoms with Gasteiger partial charge in [0.15, 0.2) is 23.4 Å². The van der Waals surface area contributed by atoms with Crippen molar-refractivity contribution in [3.8, 4) is 0 Å². The lowest BCUT2D eigenvalue weighted by atomic mass is 9.96. The van der Waals surface area contributed by atoms with Crippen LogP contribution in [0.15, 0.2) is 47.5 Å². The molecule has 2 aromatic carbocycles.